The minimum Gasteiger partial charge on any atom is -0.321 e. The second kappa shape index (κ2) is 5.54. The summed E-state index contributed by atoms with van der Waals surface area (Å²) in [6.45, 7) is 5.76. The Hall–Kier alpha value is -1.33. The highest BCUT2D eigenvalue weighted by molar-refractivity contribution is 7.59. The molecule has 0 aliphatic carbocycles. The van der Waals surface area contributed by atoms with E-state index in [1.165, 1.54) is 0 Å². The second-order valence-corrected chi connectivity index (χ2v) is 4.60. The molecule has 4 nitrogen and oxygen atoms in total. The number of nitrogens with two attached hydrogens (primary N) is 1. The SMILES string of the molecule is CC(C)c1nn2ccccc2c1C(=O)[C@H](C)N.S. The van der Waals surface area contributed by atoms with E-state index < -0.39 is 6.04 Å². The number of pyridine rings is 1. The molecule has 5 heteroatoms. The molecule has 0 aliphatic heterocycles. The van der Waals surface area contributed by atoms with E-state index in [2.05, 4.69) is 5.10 Å². The van der Waals surface area contributed by atoms with Gasteiger partial charge in [0.2, 0.25) is 0 Å². The van der Waals surface area contributed by atoms with Gasteiger partial charge in [0.25, 0.3) is 0 Å². The summed E-state index contributed by atoms with van der Waals surface area (Å²) in [5, 5.41) is 4.46. The lowest BCUT2D eigenvalue weighted by Crippen LogP contribution is -2.27. The van der Waals surface area contributed by atoms with Crippen molar-refractivity contribution in [3.63, 3.8) is 0 Å². The van der Waals surface area contributed by atoms with Crippen molar-refractivity contribution < 1.29 is 4.79 Å². The lowest BCUT2D eigenvalue weighted by atomic mass is 9.98. The standard InChI is InChI=1S/C13H17N3O.H2S/c1-8(2)12-11(13(17)9(3)14)10-6-4-5-7-16(10)15-12;/h4-9H,14H2,1-3H3;1H2/t9-;/m0./s1. The van der Waals surface area contributed by atoms with E-state index in [1.54, 1.807) is 11.4 Å². The van der Waals surface area contributed by atoms with Gasteiger partial charge in [-0.15, -0.1) is 0 Å². The fourth-order valence-electron chi connectivity index (χ4n) is 1.90. The quantitative estimate of drug-likeness (QED) is 0.865. The topological polar surface area (TPSA) is 60.4 Å². The smallest absolute Gasteiger partial charge is 0.183 e. The van der Waals surface area contributed by atoms with Crippen LogP contribution in [0.3, 0.4) is 0 Å². The zero-order chi connectivity index (χ0) is 12.6. The molecule has 0 saturated carbocycles. The van der Waals surface area contributed by atoms with Crippen molar-refractivity contribution in [2.45, 2.75) is 32.7 Å². The number of aromatic nitrogens is 2. The fraction of sp³-hybridized carbons (Fsp3) is 0.385. The fourth-order valence-corrected chi connectivity index (χ4v) is 1.90. The molecule has 2 aromatic rings. The molecule has 18 heavy (non-hydrogen) atoms. The maximum absolute atomic E-state index is 12.2. The summed E-state index contributed by atoms with van der Waals surface area (Å²) in [5.74, 6) is 0.155. The molecular weight excluding hydrogens is 246 g/mol. The molecule has 0 aliphatic rings. The van der Waals surface area contributed by atoms with Crippen molar-refractivity contribution in [2.24, 2.45) is 5.73 Å². The van der Waals surface area contributed by atoms with E-state index in [9.17, 15) is 4.79 Å². The zero-order valence-corrected chi connectivity index (χ0v) is 11.8. The molecule has 0 aromatic carbocycles. The molecule has 1 atom stereocenters. The van der Waals surface area contributed by atoms with Crippen LogP contribution < -0.4 is 5.73 Å². The van der Waals surface area contributed by atoms with Crippen molar-refractivity contribution >= 4 is 24.8 Å². The van der Waals surface area contributed by atoms with Crippen molar-refractivity contribution in [3.8, 4) is 0 Å². The molecule has 2 aromatic heterocycles. The van der Waals surface area contributed by atoms with Crippen LogP contribution >= 0.6 is 13.5 Å². The molecule has 0 amide bonds. The molecule has 98 valence electrons. The third-order valence-corrected chi connectivity index (χ3v) is 2.77. The predicted octanol–water partition coefficient (Wildman–Crippen LogP) is 2.10. The average Bonchev–Trinajstić information content (AvgIpc) is 2.67. The third kappa shape index (κ3) is 2.42. The van der Waals surface area contributed by atoms with E-state index >= 15 is 0 Å². The van der Waals surface area contributed by atoms with Crippen LogP contribution in [-0.4, -0.2) is 21.4 Å². The summed E-state index contributed by atoms with van der Waals surface area (Å²) in [5.41, 5.74) is 8.01. The van der Waals surface area contributed by atoms with Gasteiger partial charge < -0.3 is 5.73 Å². The summed E-state index contributed by atoms with van der Waals surface area (Å²) in [7, 11) is 0. The minimum absolute atomic E-state index is 0. The van der Waals surface area contributed by atoms with Gasteiger partial charge in [-0.1, -0.05) is 19.9 Å². The number of Topliss-reactive ketones (excluding diaryl/α,β-unsaturated/α-hetero) is 1. The number of fused-ring (bicyclic) bond motifs is 1. The highest BCUT2D eigenvalue weighted by Crippen LogP contribution is 2.23. The van der Waals surface area contributed by atoms with Gasteiger partial charge in [0.15, 0.2) is 5.78 Å². The first-order valence-corrected chi connectivity index (χ1v) is 5.79. The summed E-state index contributed by atoms with van der Waals surface area (Å²) in [6.07, 6.45) is 1.85. The number of nitrogens with zero attached hydrogens (tertiary/aromatic N) is 2. The number of ketones is 1. The lowest BCUT2D eigenvalue weighted by molar-refractivity contribution is 0.0968. The molecule has 0 unspecified atom stereocenters. The molecule has 2 N–H and O–H groups in total. The Morgan fingerprint density at radius 3 is 2.56 bits per heavy atom. The Balaban J connectivity index is 0.00000162. The van der Waals surface area contributed by atoms with E-state index in [1.807, 2.05) is 38.2 Å². The number of carbonyl (C=O) groups excluding carboxylic acids is 1. The van der Waals surface area contributed by atoms with Gasteiger partial charge in [-0.2, -0.15) is 18.6 Å². The van der Waals surface area contributed by atoms with Crippen LogP contribution in [0, 0.1) is 0 Å². The molecule has 2 heterocycles. The summed E-state index contributed by atoms with van der Waals surface area (Å²) < 4.78 is 1.74. The molecule has 0 radical (unpaired) electrons. The molecule has 0 saturated heterocycles. The van der Waals surface area contributed by atoms with Gasteiger partial charge in [0.1, 0.15) is 0 Å². The second-order valence-electron chi connectivity index (χ2n) is 4.60. The number of carbonyl (C=O) groups is 1. The van der Waals surface area contributed by atoms with E-state index in [-0.39, 0.29) is 25.2 Å². The van der Waals surface area contributed by atoms with Crippen LogP contribution in [0.2, 0.25) is 0 Å². The largest absolute Gasteiger partial charge is 0.321 e. The van der Waals surface area contributed by atoms with Gasteiger partial charge in [-0.05, 0) is 25.0 Å². The summed E-state index contributed by atoms with van der Waals surface area (Å²) in [6, 6.07) is 5.19. The maximum Gasteiger partial charge on any atom is 0.183 e. The monoisotopic (exact) mass is 265 g/mol. The van der Waals surface area contributed by atoms with Crippen LogP contribution in [0.1, 0.15) is 42.7 Å². The van der Waals surface area contributed by atoms with Crippen LogP contribution in [0.4, 0.5) is 0 Å². The average molecular weight is 265 g/mol. The molecular formula is C13H19N3OS. The molecule has 0 fully saturated rings. The number of hydrogen-bond acceptors (Lipinski definition) is 3. The van der Waals surface area contributed by atoms with Gasteiger partial charge in [-0.25, -0.2) is 4.52 Å². The van der Waals surface area contributed by atoms with Crippen LogP contribution in [0.25, 0.3) is 5.52 Å². The Bertz CT molecular complexity index is 560. The number of rotatable bonds is 3. The predicted molar refractivity (Wildman–Crippen MR) is 77.6 cm³/mol. The van der Waals surface area contributed by atoms with Crippen LogP contribution in [0.5, 0.6) is 0 Å². The minimum atomic E-state index is -0.499. The Labute approximate surface area is 114 Å². The summed E-state index contributed by atoms with van der Waals surface area (Å²) >= 11 is 0. The molecule has 0 spiro atoms. The Morgan fingerprint density at radius 1 is 1.33 bits per heavy atom. The highest BCUT2D eigenvalue weighted by Gasteiger charge is 2.23. The van der Waals surface area contributed by atoms with Crippen molar-refractivity contribution in [3.05, 3.63) is 35.7 Å². The molecule has 0 bridgehead atoms. The van der Waals surface area contributed by atoms with E-state index in [0.717, 1.165) is 11.2 Å². The van der Waals surface area contributed by atoms with Crippen LogP contribution in [0.15, 0.2) is 24.4 Å². The summed E-state index contributed by atoms with van der Waals surface area (Å²) in [4.78, 5) is 12.2. The van der Waals surface area contributed by atoms with Gasteiger partial charge in [0.05, 0.1) is 22.8 Å². The maximum atomic E-state index is 12.2. The van der Waals surface area contributed by atoms with Crippen molar-refractivity contribution in [1.82, 2.24) is 9.61 Å². The lowest BCUT2D eigenvalue weighted by Gasteiger charge is -2.07. The molecule has 2 rings (SSSR count). The van der Waals surface area contributed by atoms with Gasteiger partial charge in [-0.3, -0.25) is 4.79 Å². The van der Waals surface area contributed by atoms with Crippen LogP contribution in [-0.2, 0) is 0 Å². The normalized spacial score (nSPS) is 12.5. The Morgan fingerprint density at radius 2 is 2.00 bits per heavy atom. The first kappa shape index (κ1) is 14.7. The number of hydrogen-bond donors (Lipinski definition) is 1. The van der Waals surface area contributed by atoms with Crippen molar-refractivity contribution in [2.75, 3.05) is 0 Å². The van der Waals surface area contributed by atoms with Gasteiger partial charge >= 0.3 is 0 Å². The van der Waals surface area contributed by atoms with Gasteiger partial charge in [0, 0.05) is 6.20 Å². The first-order valence-electron chi connectivity index (χ1n) is 5.79. The van der Waals surface area contributed by atoms with Crippen molar-refractivity contribution in [1.29, 1.82) is 0 Å². The van der Waals surface area contributed by atoms with E-state index in [4.69, 9.17) is 5.73 Å². The highest BCUT2D eigenvalue weighted by atomic mass is 32.1. The van der Waals surface area contributed by atoms with E-state index in [0.29, 0.717) is 5.56 Å². The first-order chi connectivity index (χ1) is 8.02. The Kier molecular flexibility index (Phi) is 4.53. The third-order valence-electron chi connectivity index (χ3n) is 2.77. The zero-order valence-electron chi connectivity index (χ0n) is 10.8.